The Balaban J connectivity index is 2.50. The van der Waals surface area contributed by atoms with Crippen molar-refractivity contribution in [2.24, 2.45) is 5.73 Å². The van der Waals surface area contributed by atoms with E-state index in [1.54, 1.807) is 10.7 Å². The van der Waals surface area contributed by atoms with Crippen LogP contribution in [0.2, 0.25) is 0 Å². The Morgan fingerprint density at radius 3 is 3.14 bits per heavy atom. The number of nitrogens with two attached hydrogens (primary N) is 1. The van der Waals surface area contributed by atoms with Gasteiger partial charge >= 0.3 is 0 Å². The smallest absolute Gasteiger partial charge is 0.155 e. The maximum Gasteiger partial charge on any atom is 0.155 e. The SMILES string of the molecule is Cc1nc2cc(C(N)CO)ccn2n1. The molecule has 0 spiro atoms. The monoisotopic (exact) mass is 192 g/mol. The first-order chi connectivity index (χ1) is 6.70. The summed E-state index contributed by atoms with van der Waals surface area (Å²) >= 11 is 0. The van der Waals surface area contributed by atoms with Crippen molar-refractivity contribution in [3.05, 3.63) is 29.7 Å². The van der Waals surface area contributed by atoms with Gasteiger partial charge in [-0.05, 0) is 24.6 Å². The highest BCUT2D eigenvalue weighted by Crippen LogP contribution is 2.11. The fraction of sp³-hybridized carbons (Fsp3) is 0.333. The molecule has 5 nitrogen and oxygen atoms in total. The molecule has 0 amide bonds. The van der Waals surface area contributed by atoms with Gasteiger partial charge in [0, 0.05) is 6.20 Å². The van der Waals surface area contributed by atoms with Crippen molar-refractivity contribution in [1.82, 2.24) is 14.6 Å². The molecule has 0 aromatic carbocycles. The largest absolute Gasteiger partial charge is 0.394 e. The van der Waals surface area contributed by atoms with Crippen molar-refractivity contribution >= 4 is 5.65 Å². The van der Waals surface area contributed by atoms with Crippen LogP contribution < -0.4 is 5.73 Å². The zero-order valence-corrected chi connectivity index (χ0v) is 7.88. The van der Waals surface area contributed by atoms with Crippen molar-refractivity contribution in [3.8, 4) is 0 Å². The molecule has 0 aliphatic carbocycles. The van der Waals surface area contributed by atoms with Gasteiger partial charge in [-0.2, -0.15) is 5.10 Å². The van der Waals surface area contributed by atoms with Crippen LogP contribution in [0.5, 0.6) is 0 Å². The number of pyridine rings is 1. The number of fused-ring (bicyclic) bond motifs is 1. The number of aryl methyl sites for hydroxylation is 1. The van der Waals surface area contributed by atoms with Gasteiger partial charge in [-0.25, -0.2) is 9.50 Å². The van der Waals surface area contributed by atoms with E-state index in [1.165, 1.54) is 0 Å². The predicted octanol–water partition coefficient (Wildman–Crippen LogP) is 0.0298. The first kappa shape index (κ1) is 9.11. The van der Waals surface area contributed by atoms with E-state index in [9.17, 15) is 0 Å². The fourth-order valence-electron chi connectivity index (χ4n) is 1.34. The van der Waals surface area contributed by atoms with Crippen LogP contribution in [0, 0.1) is 6.92 Å². The molecule has 5 heteroatoms. The number of rotatable bonds is 2. The summed E-state index contributed by atoms with van der Waals surface area (Å²) in [6.45, 7) is 1.77. The average molecular weight is 192 g/mol. The molecular weight excluding hydrogens is 180 g/mol. The van der Waals surface area contributed by atoms with Crippen molar-refractivity contribution in [3.63, 3.8) is 0 Å². The molecule has 3 N–H and O–H groups in total. The Kier molecular flexibility index (Phi) is 2.18. The summed E-state index contributed by atoms with van der Waals surface area (Å²) in [5.74, 6) is 0.722. The standard InChI is InChI=1S/C9H12N4O/c1-6-11-9-4-7(8(10)5-14)2-3-13(9)12-6/h2-4,8,14H,5,10H2,1H3. The van der Waals surface area contributed by atoms with Gasteiger partial charge in [0.15, 0.2) is 5.65 Å². The van der Waals surface area contributed by atoms with Crippen molar-refractivity contribution in [2.45, 2.75) is 13.0 Å². The summed E-state index contributed by atoms with van der Waals surface area (Å²) in [7, 11) is 0. The molecule has 1 atom stereocenters. The molecule has 0 radical (unpaired) electrons. The van der Waals surface area contributed by atoms with Crippen molar-refractivity contribution in [2.75, 3.05) is 6.61 Å². The van der Waals surface area contributed by atoms with E-state index in [-0.39, 0.29) is 12.6 Å². The quantitative estimate of drug-likeness (QED) is 0.703. The van der Waals surface area contributed by atoms with Gasteiger partial charge in [-0.3, -0.25) is 0 Å². The van der Waals surface area contributed by atoms with Crippen molar-refractivity contribution in [1.29, 1.82) is 0 Å². The summed E-state index contributed by atoms with van der Waals surface area (Å²) < 4.78 is 1.68. The number of aliphatic hydroxyl groups is 1. The summed E-state index contributed by atoms with van der Waals surface area (Å²) in [5.41, 5.74) is 7.31. The fourth-order valence-corrected chi connectivity index (χ4v) is 1.34. The van der Waals surface area contributed by atoms with E-state index in [1.807, 2.05) is 19.1 Å². The van der Waals surface area contributed by atoms with Crippen molar-refractivity contribution < 1.29 is 5.11 Å². The molecule has 2 aromatic rings. The Hall–Kier alpha value is -1.46. The molecule has 14 heavy (non-hydrogen) atoms. The molecule has 74 valence electrons. The second-order valence-electron chi connectivity index (χ2n) is 3.21. The lowest BCUT2D eigenvalue weighted by Crippen LogP contribution is -2.14. The molecule has 0 bridgehead atoms. The van der Waals surface area contributed by atoms with E-state index in [0.717, 1.165) is 17.0 Å². The minimum atomic E-state index is -0.350. The van der Waals surface area contributed by atoms with E-state index >= 15 is 0 Å². The highest BCUT2D eigenvalue weighted by Gasteiger charge is 2.06. The maximum absolute atomic E-state index is 8.90. The Morgan fingerprint density at radius 1 is 1.64 bits per heavy atom. The Bertz CT molecular complexity index is 451. The summed E-state index contributed by atoms with van der Waals surface area (Å²) in [4.78, 5) is 4.21. The molecule has 0 fully saturated rings. The normalized spacial score (nSPS) is 13.4. The molecule has 0 aliphatic rings. The van der Waals surface area contributed by atoms with Gasteiger partial charge in [0.05, 0.1) is 12.6 Å². The molecule has 0 aliphatic heterocycles. The Morgan fingerprint density at radius 2 is 2.43 bits per heavy atom. The van der Waals surface area contributed by atoms with Crippen LogP contribution in [0.3, 0.4) is 0 Å². The van der Waals surface area contributed by atoms with E-state index in [2.05, 4.69) is 10.1 Å². The lowest BCUT2D eigenvalue weighted by Gasteiger charge is -2.07. The first-order valence-electron chi connectivity index (χ1n) is 4.40. The van der Waals surface area contributed by atoms with Crippen LogP contribution in [0.15, 0.2) is 18.3 Å². The molecule has 2 rings (SSSR count). The van der Waals surface area contributed by atoms with E-state index < -0.39 is 0 Å². The van der Waals surface area contributed by atoms with Gasteiger partial charge in [-0.15, -0.1) is 0 Å². The topological polar surface area (TPSA) is 76.4 Å². The molecule has 2 aromatic heterocycles. The lowest BCUT2D eigenvalue weighted by atomic mass is 10.1. The zero-order valence-electron chi connectivity index (χ0n) is 7.88. The second-order valence-corrected chi connectivity index (χ2v) is 3.21. The summed E-state index contributed by atoms with van der Waals surface area (Å²) in [6.07, 6.45) is 1.79. The van der Waals surface area contributed by atoms with Gasteiger partial charge in [0.2, 0.25) is 0 Å². The highest BCUT2D eigenvalue weighted by molar-refractivity contribution is 5.41. The van der Waals surface area contributed by atoms with Gasteiger partial charge in [-0.1, -0.05) is 0 Å². The molecule has 2 heterocycles. The third-order valence-electron chi connectivity index (χ3n) is 2.09. The Labute approximate surface area is 81.2 Å². The van der Waals surface area contributed by atoms with Crippen LogP contribution in [0.25, 0.3) is 5.65 Å². The number of aromatic nitrogens is 3. The van der Waals surface area contributed by atoms with E-state index in [0.29, 0.717) is 0 Å². The minimum absolute atomic E-state index is 0.0662. The number of hydrogen-bond acceptors (Lipinski definition) is 4. The predicted molar refractivity (Wildman–Crippen MR) is 51.7 cm³/mol. The second kappa shape index (κ2) is 3.36. The number of aliphatic hydroxyl groups excluding tert-OH is 1. The van der Waals surface area contributed by atoms with Crippen LogP contribution in [0.4, 0.5) is 0 Å². The van der Waals surface area contributed by atoms with Crippen LogP contribution in [-0.2, 0) is 0 Å². The highest BCUT2D eigenvalue weighted by atomic mass is 16.3. The van der Waals surface area contributed by atoms with Gasteiger partial charge in [0.1, 0.15) is 5.82 Å². The number of nitrogens with zero attached hydrogens (tertiary/aromatic N) is 3. The van der Waals surface area contributed by atoms with Gasteiger partial charge < -0.3 is 10.8 Å². The third-order valence-corrected chi connectivity index (χ3v) is 2.09. The first-order valence-corrected chi connectivity index (χ1v) is 4.40. The van der Waals surface area contributed by atoms with Crippen LogP contribution >= 0.6 is 0 Å². The summed E-state index contributed by atoms with van der Waals surface area (Å²) in [6, 6.07) is 3.32. The molecular formula is C9H12N4O. The molecule has 1 unspecified atom stereocenters. The van der Waals surface area contributed by atoms with Gasteiger partial charge in [0.25, 0.3) is 0 Å². The lowest BCUT2D eigenvalue weighted by molar-refractivity contribution is 0.268. The maximum atomic E-state index is 8.90. The molecule has 0 saturated heterocycles. The molecule has 0 saturated carbocycles. The zero-order chi connectivity index (χ0) is 10.1. The number of hydrogen-bond donors (Lipinski definition) is 2. The minimum Gasteiger partial charge on any atom is -0.394 e. The summed E-state index contributed by atoms with van der Waals surface area (Å²) in [5, 5.41) is 13.0. The van der Waals surface area contributed by atoms with E-state index in [4.69, 9.17) is 10.8 Å². The third kappa shape index (κ3) is 1.47. The van der Waals surface area contributed by atoms with Crippen LogP contribution in [0.1, 0.15) is 17.4 Å². The van der Waals surface area contributed by atoms with Crippen LogP contribution in [-0.4, -0.2) is 26.3 Å². The average Bonchev–Trinajstić information content (AvgIpc) is 2.55.